The second-order valence-corrected chi connectivity index (χ2v) is 6.33. The molecule has 0 aromatic heterocycles. The molecule has 1 aliphatic heterocycles. The van der Waals surface area contributed by atoms with Crippen molar-refractivity contribution in [1.29, 1.82) is 0 Å². The van der Waals surface area contributed by atoms with Gasteiger partial charge in [0.15, 0.2) is 5.78 Å². The monoisotopic (exact) mass is 323 g/mol. The predicted octanol–water partition coefficient (Wildman–Crippen LogP) is 2.92. The average Bonchev–Trinajstić information content (AvgIpc) is 2.53. The van der Waals surface area contributed by atoms with Crippen LogP contribution in [-0.4, -0.2) is 40.9 Å². The van der Waals surface area contributed by atoms with Crippen LogP contribution in [0.5, 0.6) is 0 Å². The van der Waals surface area contributed by atoms with E-state index in [4.69, 9.17) is 11.6 Å². The summed E-state index contributed by atoms with van der Waals surface area (Å²) in [5.41, 5.74) is 0.588. The van der Waals surface area contributed by atoms with E-state index in [2.05, 4.69) is 0 Å². The number of nitrogens with zero attached hydrogens (tertiary/aromatic N) is 1. The predicted molar refractivity (Wildman–Crippen MR) is 86.0 cm³/mol. The van der Waals surface area contributed by atoms with Gasteiger partial charge in [0.05, 0.1) is 6.10 Å². The Morgan fingerprint density at radius 1 is 1.23 bits per heavy atom. The third-order valence-electron chi connectivity index (χ3n) is 4.31. The quantitative estimate of drug-likeness (QED) is 0.848. The summed E-state index contributed by atoms with van der Waals surface area (Å²) >= 11 is 5.79. The Morgan fingerprint density at radius 2 is 1.82 bits per heavy atom. The van der Waals surface area contributed by atoms with Crippen LogP contribution in [0.15, 0.2) is 24.3 Å². The molecule has 1 atom stereocenters. The molecular weight excluding hydrogens is 302 g/mol. The SMILES string of the molecule is CC(O)C1CCN(C(=O)CCC(=O)c2ccc(Cl)cc2)CC1. The first-order chi connectivity index (χ1) is 10.5. The standard InChI is InChI=1S/C17H22ClNO3/c1-12(20)13-8-10-19(11-9-13)17(22)7-6-16(21)14-2-4-15(18)5-3-14/h2-5,12-13,20H,6-11H2,1H3. The first kappa shape index (κ1) is 17.0. The van der Waals surface area contributed by atoms with Crippen LogP contribution < -0.4 is 0 Å². The minimum absolute atomic E-state index is 0.0198. The third kappa shape index (κ3) is 4.55. The van der Waals surface area contributed by atoms with Gasteiger partial charge in [-0.25, -0.2) is 0 Å². The van der Waals surface area contributed by atoms with Gasteiger partial charge in [0.2, 0.25) is 5.91 Å². The van der Waals surface area contributed by atoms with Gasteiger partial charge in [-0.15, -0.1) is 0 Å². The van der Waals surface area contributed by atoms with Crippen LogP contribution in [-0.2, 0) is 4.79 Å². The van der Waals surface area contributed by atoms with E-state index in [1.165, 1.54) is 0 Å². The highest BCUT2D eigenvalue weighted by Crippen LogP contribution is 2.21. The van der Waals surface area contributed by atoms with Gasteiger partial charge in [-0.1, -0.05) is 11.6 Å². The first-order valence-corrected chi connectivity index (χ1v) is 8.10. The van der Waals surface area contributed by atoms with E-state index in [1.54, 1.807) is 36.1 Å². The zero-order chi connectivity index (χ0) is 16.1. The minimum Gasteiger partial charge on any atom is -0.393 e. The zero-order valence-electron chi connectivity index (χ0n) is 12.8. The van der Waals surface area contributed by atoms with Gasteiger partial charge < -0.3 is 10.0 Å². The highest BCUT2D eigenvalue weighted by atomic mass is 35.5. The number of halogens is 1. The molecule has 1 aromatic rings. The van der Waals surface area contributed by atoms with Crippen molar-refractivity contribution in [2.24, 2.45) is 5.92 Å². The second-order valence-electron chi connectivity index (χ2n) is 5.89. The number of likely N-dealkylation sites (tertiary alicyclic amines) is 1. The van der Waals surface area contributed by atoms with Crippen LogP contribution in [0.2, 0.25) is 5.02 Å². The van der Waals surface area contributed by atoms with E-state index in [-0.39, 0.29) is 36.6 Å². The number of carbonyl (C=O) groups is 2. The third-order valence-corrected chi connectivity index (χ3v) is 4.56. The second kappa shape index (κ2) is 7.75. The molecule has 0 radical (unpaired) electrons. The summed E-state index contributed by atoms with van der Waals surface area (Å²) in [4.78, 5) is 26.0. The number of aliphatic hydroxyl groups excluding tert-OH is 1. The molecule has 1 amide bonds. The van der Waals surface area contributed by atoms with Crippen molar-refractivity contribution < 1.29 is 14.7 Å². The Balaban J connectivity index is 1.78. The van der Waals surface area contributed by atoms with Crippen LogP contribution in [0.25, 0.3) is 0 Å². The maximum absolute atomic E-state index is 12.2. The van der Waals surface area contributed by atoms with Gasteiger partial charge in [-0.3, -0.25) is 9.59 Å². The summed E-state index contributed by atoms with van der Waals surface area (Å²) in [6.07, 6.45) is 1.80. The summed E-state index contributed by atoms with van der Waals surface area (Å²) in [6.45, 7) is 3.14. The van der Waals surface area contributed by atoms with Crippen molar-refractivity contribution in [3.63, 3.8) is 0 Å². The zero-order valence-corrected chi connectivity index (χ0v) is 13.6. The summed E-state index contributed by atoms with van der Waals surface area (Å²) in [6, 6.07) is 6.72. The molecule has 1 aliphatic rings. The highest BCUT2D eigenvalue weighted by molar-refractivity contribution is 6.30. The van der Waals surface area contributed by atoms with E-state index in [0.29, 0.717) is 23.7 Å². The van der Waals surface area contributed by atoms with E-state index >= 15 is 0 Å². The molecule has 0 aliphatic carbocycles. The van der Waals surface area contributed by atoms with E-state index in [9.17, 15) is 14.7 Å². The Morgan fingerprint density at radius 3 is 2.36 bits per heavy atom. The van der Waals surface area contributed by atoms with Gasteiger partial charge in [-0.2, -0.15) is 0 Å². The van der Waals surface area contributed by atoms with Crippen molar-refractivity contribution in [3.05, 3.63) is 34.9 Å². The molecule has 0 saturated carbocycles. The number of hydrogen-bond donors (Lipinski definition) is 1. The van der Waals surface area contributed by atoms with E-state index < -0.39 is 0 Å². The summed E-state index contributed by atoms with van der Waals surface area (Å²) < 4.78 is 0. The first-order valence-electron chi connectivity index (χ1n) is 7.72. The molecule has 1 unspecified atom stereocenters. The largest absolute Gasteiger partial charge is 0.393 e. The molecule has 4 nitrogen and oxygen atoms in total. The number of rotatable bonds is 5. The molecule has 1 saturated heterocycles. The fourth-order valence-electron chi connectivity index (χ4n) is 2.79. The van der Waals surface area contributed by atoms with Crippen LogP contribution in [0.1, 0.15) is 43.0 Å². The van der Waals surface area contributed by atoms with Crippen molar-refractivity contribution in [3.8, 4) is 0 Å². The lowest BCUT2D eigenvalue weighted by Gasteiger charge is -2.33. The molecule has 2 rings (SSSR count). The summed E-state index contributed by atoms with van der Waals surface area (Å²) in [7, 11) is 0. The fourth-order valence-corrected chi connectivity index (χ4v) is 2.92. The number of benzene rings is 1. The molecule has 5 heteroatoms. The maximum Gasteiger partial charge on any atom is 0.223 e. The number of piperidine rings is 1. The van der Waals surface area contributed by atoms with Crippen molar-refractivity contribution >= 4 is 23.3 Å². The van der Waals surface area contributed by atoms with Crippen molar-refractivity contribution in [2.75, 3.05) is 13.1 Å². The van der Waals surface area contributed by atoms with Crippen molar-refractivity contribution in [1.82, 2.24) is 4.90 Å². The summed E-state index contributed by atoms with van der Waals surface area (Å²) in [5, 5.41) is 10.2. The number of amides is 1. The van der Waals surface area contributed by atoms with Gasteiger partial charge in [-0.05, 0) is 49.9 Å². The van der Waals surface area contributed by atoms with E-state index in [0.717, 1.165) is 12.8 Å². The maximum atomic E-state index is 12.2. The molecule has 22 heavy (non-hydrogen) atoms. The average molecular weight is 324 g/mol. The Kier molecular flexibility index (Phi) is 5.98. The van der Waals surface area contributed by atoms with Gasteiger partial charge >= 0.3 is 0 Å². The lowest BCUT2D eigenvalue weighted by atomic mass is 9.92. The number of Topliss-reactive ketones (excluding diaryl/α,β-unsaturated/α-hetero) is 1. The molecule has 1 fully saturated rings. The topological polar surface area (TPSA) is 57.6 Å². The van der Waals surface area contributed by atoms with Crippen LogP contribution in [0, 0.1) is 5.92 Å². The Bertz CT molecular complexity index is 519. The molecule has 120 valence electrons. The molecule has 0 spiro atoms. The van der Waals surface area contributed by atoms with Crippen LogP contribution >= 0.6 is 11.6 Å². The Hall–Kier alpha value is -1.39. The molecule has 1 N–H and O–H groups in total. The Labute approximate surface area is 136 Å². The molecule has 1 aromatic carbocycles. The van der Waals surface area contributed by atoms with Crippen molar-refractivity contribution in [2.45, 2.75) is 38.7 Å². The molecular formula is C17H22ClNO3. The normalized spacial score (nSPS) is 17.3. The number of aliphatic hydroxyl groups is 1. The van der Waals surface area contributed by atoms with Gasteiger partial charge in [0.25, 0.3) is 0 Å². The molecule has 1 heterocycles. The molecule has 0 bridgehead atoms. The highest BCUT2D eigenvalue weighted by Gasteiger charge is 2.25. The number of ketones is 1. The fraction of sp³-hybridized carbons (Fsp3) is 0.529. The van der Waals surface area contributed by atoms with E-state index in [1.807, 2.05) is 0 Å². The lowest BCUT2D eigenvalue weighted by molar-refractivity contribution is -0.133. The van der Waals surface area contributed by atoms with Crippen LogP contribution in [0.3, 0.4) is 0 Å². The summed E-state index contributed by atoms with van der Waals surface area (Å²) in [5.74, 6) is 0.259. The minimum atomic E-state index is -0.316. The number of carbonyl (C=O) groups excluding carboxylic acids is 2. The smallest absolute Gasteiger partial charge is 0.223 e. The van der Waals surface area contributed by atoms with Gasteiger partial charge in [0, 0.05) is 36.5 Å². The van der Waals surface area contributed by atoms with Gasteiger partial charge in [0.1, 0.15) is 0 Å². The lowest BCUT2D eigenvalue weighted by Crippen LogP contribution is -2.40. The number of hydrogen-bond acceptors (Lipinski definition) is 3. The van der Waals surface area contributed by atoms with Crippen LogP contribution in [0.4, 0.5) is 0 Å².